The van der Waals surface area contributed by atoms with E-state index >= 15 is 0 Å². The van der Waals surface area contributed by atoms with Crippen molar-refractivity contribution in [2.24, 2.45) is 0 Å². The number of ketones is 1. The zero-order valence-corrected chi connectivity index (χ0v) is 16.8. The Morgan fingerprint density at radius 1 is 1.16 bits per heavy atom. The van der Waals surface area contributed by atoms with Crippen LogP contribution in [0.4, 0.5) is 17.6 Å². The summed E-state index contributed by atoms with van der Waals surface area (Å²) in [4.78, 5) is 17.9. The van der Waals surface area contributed by atoms with Crippen LogP contribution in [0.5, 0.6) is 0 Å². The Bertz CT molecular complexity index is 1110. The first-order valence-electron chi connectivity index (χ1n) is 9.94. The fourth-order valence-corrected chi connectivity index (χ4v) is 3.91. The van der Waals surface area contributed by atoms with Gasteiger partial charge in [-0.3, -0.25) is 9.69 Å². The van der Waals surface area contributed by atoms with Crippen LogP contribution in [0, 0.1) is 5.82 Å². The zero-order chi connectivity index (χ0) is 22.2. The molecule has 8 heteroatoms. The van der Waals surface area contributed by atoms with Crippen molar-refractivity contribution in [3.63, 3.8) is 0 Å². The number of hydrogen-bond acceptors (Lipinski definition) is 4. The largest absolute Gasteiger partial charge is 0.405 e. The van der Waals surface area contributed by atoms with Gasteiger partial charge in [-0.1, -0.05) is 24.3 Å². The van der Waals surface area contributed by atoms with Crippen molar-refractivity contribution in [3.8, 4) is 11.1 Å². The topological polar surface area (TPSA) is 45.2 Å². The standard InChI is InChI=1S/C23H21F4N3O/c1-14(31)20-11-19(16-3-5-17(24)6-4-16)18-7-2-15(10-21(18)29-20)13-30-9-8-28-12-22(30)23(25,26)27/h2-7,10-11,22,28H,8-9,12-13H2,1H3. The van der Waals surface area contributed by atoms with E-state index < -0.39 is 12.2 Å². The summed E-state index contributed by atoms with van der Waals surface area (Å²) in [6.07, 6.45) is -4.32. The monoisotopic (exact) mass is 431 g/mol. The molecule has 1 aliphatic rings. The number of halogens is 4. The van der Waals surface area contributed by atoms with Gasteiger partial charge in [-0.25, -0.2) is 9.37 Å². The molecule has 1 aromatic heterocycles. The predicted molar refractivity (Wildman–Crippen MR) is 110 cm³/mol. The van der Waals surface area contributed by atoms with Gasteiger partial charge in [0.2, 0.25) is 0 Å². The van der Waals surface area contributed by atoms with Crippen LogP contribution in [-0.2, 0) is 6.54 Å². The van der Waals surface area contributed by atoms with E-state index in [2.05, 4.69) is 10.3 Å². The number of piperazine rings is 1. The first kappa shape index (κ1) is 21.4. The molecule has 1 aliphatic heterocycles. The number of nitrogens with zero attached hydrogens (tertiary/aromatic N) is 2. The van der Waals surface area contributed by atoms with E-state index in [1.165, 1.54) is 24.0 Å². The summed E-state index contributed by atoms with van der Waals surface area (Å²) in [7, 11) is 0. The summed E-state index contributed by atoms with van der Waals surface area (Å²) in [5.74, 6) is -0.596. The van der Waals surface area contributed by atoms with Crippen LogP contribution in [0.3, 0.4) is 0 Å². The average molecular weight is 431 g/mol. The Kier molecular flexibility index (Phi) is 5.77. The maximum absolute atomic E-state index is 13.4. The van der Waals surface area contributed by atoms with E-state index in [1.54, 1.807) is 36.4 Å². The highest BCUT2D eigenvalue weighted by atomic mass is 19.4. The third-order valence-electron chi connectivity index (χ3n) is 5.51. The summed E-state index contributed by atoms with van der Waals surface area (Å²) >= 11 is 0. The lowest BCUT2D eigenvalue weighted by Gasteiger charge is -2.37. The first-order valence-corrected chi connectivity index (χ1v) is 9.94. The van der Waals surface area contributed by atoms with E-state index in [0.717, 1.165) is 16.5 Å². The molecule has 0 aliphatic carbocycles. The number of Topliss-reactive ketones (excluding diaryl/α,β-unsaturated/α-hetero) is 1. The third kappa shape index (κ3) is 4.60. The van der Waals surface area contributed by atoms with Crippen LogP contribution in [0.25, 0.3) is 22.0 Å². The molecule has 2 heterocycles. The number of carbonyl (C=O) groups is 1. The van der Waals surface area contributed by atoms with Crippen molar-refractivity contribution < 1.29 is 22.4 Å². The van der Waals surface area contributed by atoms with Gasteiger partial charge >= 0.3 is 6.18 Å². The summed E-state index contributed by atoms with van der Waals surface area (Å²) in [5.41, 5.74) is 2.89. The van der Waals surface area contributed by atoms with Crippen molar-refractivity contribution in [1.82, 2.24) is 15.2 Å². The van der Waals surface area contributed by atoms with Gasteiger partial charge < -0.3 is 5.32 Å². The van der Waals surface area contributed by atoms with Gasteiger partial charge in [0, 0.05) is 38.5 Å². The highest BCUT2D eigenvalue weighted by Crippen LogP contribution is 2.31. The van der Waals surface area contributed by atoms with Gasteiger partial charge in [0.1, 0.15) is 17.6 Å². The van der Waals surface area contributed by atoms with E-state index in [0.29, 0.717) is 17.6 Å². The minimum absolute atomic E-state index is 0.125. The Labute approximate surface area is 176 Å². The maximum Gasteiger partial charge on any atom is 0.405 e. The van der Waals surface area contributed by atoms with Crippen LogP contribution in [-0.4, -0.2) is 47.5 Å². The normalized spacial score (nSPS) is 17.8. The number of aromatic nitrogens is 1. The lowest BCUT2D eigenvalue weighted by molar-refractivity contribution is -0.188. The summed E-state index contributed by atoms with van der Waals surface area (Å²) < 4.78 is 53.6. The van der Waals surface area contributed by atoms with Gasteiger partial charge in [-0.15, -0.1) is 0 Å². The van der Waals surface area contributed by atoms with Crippen molar-refractivity contribution in [2.45, 2.75) is 25.7 Å². The molecule has 0 radical (unpaired) electrons. The fourth-order valence-electron chi connectivity index (χ4n) is 3.91. The van der Waals surface area contributed by atoms with Crippen molar-refractivity contribution in [1.29, 1.82) is 0 Å². The molecule has 162 valence electrons. The molecule has 31 heavy (non-hydrogen) atoms. The third-order valence-corrected chi connectivity index (χ3v) is 5.51. The number of alkyl halides is 3. The minimum Gasteiger partial charge on any atom is -0.314 e. The molecule has 0 spiro atoms. The number of carbonyl (C=O) groups excluding carboxylic acids is 1. The molecule has 0 saturated carbocycles. The fraction of sp³-hybridized carbons (Fsp3) is 0.304. The Balaban J connectivity index is 1.74. The zero-order valence-electron chi connectivity index (χ0n) is 16.8. The number of rotatable bonds is 4. The number of fused-ring (bicyclic) bond motifs is 1. The molecule has 1 saturated heterocycles. The minimum atomic E-state index is -4.32. The quantitative estimate of drug-likeness (QED) is 0.485. The molecule has 3 aromatic rings. The average Bonchev–Trinajstić information content (AvgIpc) is 2.73. The Morgan fingerprint density at radius 3 is 2.58 bits per heavy atom. The van der Waals surface area contributed by atoms with Gasteiger partial charge in [0.25, 0.3) is 0 Å². The lowest BCUT2D eigenvalue weighted by atomic mass is 9.98. The molecule has 4 rings (SSSR count). The van der Waals surface area contributed by atoms with Gasteiger partial charge in [0.05, 0.1) is 5.52 Å². The number of nitrogens with one attached hydrogen (secondary N) is 1. The predicted octanol–water partition coefficient (Wildman–Crippen LogP) is 4.58. The first-order chi connectivity index (χ1) is 14.7. The van der Waals surface area contributed by atoms with E-state index in [-0.39, 0.29) is 36.9 Å². The lowest BCUT2D eigenvalue weighted by Crippen LogP contribution is -2.57. The number of pyridine rings is 1. The van der Waals surface area contributed by atoms with Crippen LogP contribution < -0.4 is 5.32 Å². The van der Waals surface area contributed by atoms with E-state index in [4.69, 9.17) is 0 Å². The van der Waals surface area contributed by atoms with Crippen LogP contribution >= 0.6 is 0 Å². The Morgan fingerprint density at radius 2 is 1.90 bits per heavy atom. The molecule has 0 bridgehead atoms. The summed E-state index contributed by atoms with van der Waals surface area (Å²) in [5, 5.41) is 3.54. The van der Waals surface area contributed by atoms with Gasteiger partial charge in [-0.05, 0) is 41.0 Å². The number of benzene rings is 2. The van der Waals surface area contributed by atoms with Crippen molar-refractivity contribution >= 4 is 16.7 Å². The number of hydrogen-bond donors (Lipinski definition) is 1. The molecular formula is C23H21F4N3O. The molecular weight excluding hydrogens is 410 g/mol. The van der Waals surface area contributed by atoms with E-state index in [1.807, 2.05) is 0 Å². The van der Waals surface area contributed by atoms with Crippen LogP contribution in [0.1, 0.15) is 23.0 Å². The maximum atomic E-state index is 13.4. The second-order valence-corrected chi connectivity index (χ2v) is 7.70. The van der Waals surface area contributed by atoms with Gasteiger partial charge in [0.15, 0.2) is 5.78 Å². The molecule has 1 N–H and O–H groups in total. The molecule has 2 aromatic carbocycles. The highest BCUT2D eigenvalue weighted by molar-refractivity contribution is 6.01. The van der Waals surface area contributed by atoms with E-state index in [9.17, 15) is 22.4 Å². The van der Waals surface area contributed by atoms with Crippen LogP contribution in [0.2, 0.25) is 0 Å². The molecule has 0 amide bonds. The second-order valence-electron chi connectivity index (χ2n) is 7.70. The molecule has 1 fully saturated rings. The SMILES string of the molecule is CC(=O)c1cc(-c2ccc(F)cc2)c2ccc(CN3CCNCC3C(F)(F)F)cc2n1. The van der Waals surface area contributed by atoms with Crippen molar-refractivity contribution in [3.05, 3.63) is 65.6 Å². The summed E-state index contributed by atoms with van der Waals surface area (Å²) in [6.45, 7) is 2.16. The highest BCUT2D eigenvalue weighted by Gasteiger charge is 2.44. The van der Waals surface area contributed by atoms with Gasteiger partial charge in [-0.2, -0.15) is 13.2 Å². The second kappa shape index (κ2) is 8.36. The smallest absolute Gasteiger partial charge is 0.314 e. The molecule has 1 atom stereocenters. The van der Waals surface area contributed by atoms with Crippen molar-refractivity contribution in [2.75, 3.05) is 19.6 Å². The van der Waals surface area contributed by atoms with Crippen LogP contribution in [0.15, 0.2) is 48.5 Å². The summed E-state index contributed by atoms with van der Waals surface area (Å²) in [6, 6.07) is 11.3. The molecule has 1 unspecified atom stereocenters. The molecule has 4 nitrogen and oxygen atoms in total. The Hall–Kier alpha value is -2.84.